The van der Waals surface area contributed by atoms with E-state index in [9.17, 15) is 4.79 Å². The van der Waals surface area contributed by atoms with Crippen molar-refractivity contribution in [3.05, 3.63) is 35.3 Å². The minimum Gasteiger partial charge on any atom is -0.480 e. The molecule has 0 spiro atoms. The van der Waals surface area contributed by atoms with Crippen molar-refractivity contribution in [3.63, 3.8) is 0 Å². The van der Waals surface area contributed by atoms with Crippen molar-refractivity contribution in [2.75, 3.05) is 0 Å². The van der Waals surface area contributed by atoms with Gasteiger partial charge in [0.05, 0.1) is 16.7 Å². The molecule has 0 bridgehead atoms. The van der Waals surface area contributed by atoms with Crippen molar-refractivity contribution in [3.8, 4) is 11.6 Å². The first-order valence-corrected chi connectivity index (χ1v) is 6.57. The minimum absolute atomic E-state index is 0.172. The Morgan fingerprint density at radius 1 is 1.29 bits per heavy atom. The van der Waals surface area contributed by atoms with E-state index < -0.39 is 5.97 Å². The summed E-state index contributed by atoms with van der Waals surface area (Å²) in [5.74, 6) is 0.0705. The van der Waals surface area contributed by atoms with Crippen LogP contribution in [0.2, 0.25) is 0 Å². The molecule has 3 aromatic rings. The number of rotatable bonds is 3. The third-order valence-electron chi connectivity index (χ3n) is 3.61. The van der Waals surface area contributed by atoms with Crippen LogP contribution in [0.4, 0.5) is 0 Å². The van der Waals surface area contributed by atoms with E-state index in [-0.39, 0.29) is 6.54 Å². The number of carbonyl (C=O) groups is 1. The minimum atomic E-state index is -0.925. The molecule has 108 valence electrons. The van der Waals surface area contributed by atoms with Gasteiger partial charge >= 0.3 is 5.97 Å². The quantitative estimate of drug-likeness (QED) is 0.800. The Kier molecular flexibility index (Phi) is 3.01. The van der Waals surface area contributed by atoms with Crippen LogP contribution in [0.1, 0.15) is 16.8 Å². The van der Waals surface area contributed by atoms with E-state index in [4.69, 9.17) is 9.52 Å². The molecule has 0 aliphatic rings. The molecule has 0 aliphatic carbocycles. The molecule has 0 unspecified atom stereocenters. The van der Waals surface area contributed by atoms with Crippen LogP contribution >= 0.6 is 0 Å². The van der Waals surface area contributed by atoms with Gasteiger partial charge in [0, 0.05) is 0 Å². The van der Waals surface area contributed by atoms with Crippen molar-refractivity contribution in [1.82, 2.24) is 14.5 Å². The summed E-state index contributed by atoms with van der Waals surface area (Å²) in [5, 5.41) is 9.17. The van der Waals surface area contributed by atoms with E-state index in [2.05, 4.69) is 9.97 Å². The van der Waals surface area contributed by atoms with Crippen molar-refractivity contribution in [1.29, 1.82) is 0 Å². The molecule has 6 nitrogen and oxygen atoms in total. The summed E-state index contributed by atoms with van der Waals surface area (Å²) in [4.78, 5) is 19.8. The molecule has 1 aromatic carbocycles. The van der Waals surface area contributed by atoms with E-state index in [1.807, 2.05) is 26.0 Å². The second-order valence-electron chi connectivity index (χ2n) is 5.11. The van der Waals surface area contributed by atoms with E-state index in [0.29, 0.717) is 17.3 Å². The highest BCUT2D eigenvalue weighted by atomic mass is 16.4. The Morgan fingerprint density at radius 2 is 2.00 bits per heavy atom. The summed E-state index contributed by atoms with van der Waals surface area (Å²) in [7, 11) is 0. The van der Waals surface area contributed by atoms with Gasteiger partial charge in [-0.15, -0.1) is 0 Å². The number of aryl methyl sites for hydroxylation is 3. The molecule has 0 amide bonds. The maximum atomic E-state index is 11.2. The lowest BCUT2D eigenvalue weighted by atomic mass is 10.1. The number of nitrogens with zero attached hydrogens (tertiary/aromatic N) is 3. The van der Waals surface area contributed by atoms with Crippen LogP contribution in [0.25, 0.3) is 22.6 Å². The van der Waals surface area contributed by atoms with Crippen molar-refractivity contribution in [2.24, 2.45) is 0 Å². The molecular weight excluding hydrogens is 270 g/mol. The maximum Gasteiger partial charge on any atom is 0.323 e. The molecule has 1 N–H and O–H groups in total. The van der Waals surface area contributed by atoms with E-state index in [0.717, 1.165) is 22.2 Å². The Bertz CT molecular complexity index is 845. The molecule has 3 rings (SSSR count). The summed E-state index contributed by atoms with van der Waals surface area (Å²) in [6.45, 7) is 5.63. The summed E-state index contributed by atoms with van der Waals surface area (Å²) >= 11 is 0. The molecule has 21 heavy (non-hydrogen) atoms. The summed E-state index contributed by atoms with van der Waals surface area (Å²) < 4.78 is 7.03. The van der Waals surface area contributed by atoms with Gasteiger partial charge in [0.25, 0.3) is 0 Å². The lowest BCUT2D eigenvalue weighted by Gasteiger charge is -2.06. The third kappa shape index (κ3) is 2.18. The number of aromatic nitrogens is 3. The van der Waals surface area contributed by atoms with Crippen LogP contribution in [-0.4, -0.2) is 25.6 Å². The molecular formula is C15H15N3O3. The molecule has 0 saturated carbocycles. The van der Waals surface area contributed by atoms with Gasteiger partial charge in [0.2, 0.25) is 0 Å². The van der Waals surface area contributed by atoms with Gasteiger partial charge in [-0.25, -0.2) is 9.97 Å². The standard InChI is InChI=1S/C15H15N3O3/c1-8-4-11-12(5-9(8)2)18(6-13(19)20)15(17-11)14-10(3)16-7-21-14/h4-5,7H,6H2,1-3H3,(H,19,20). The zero-order chi connectivity index (χ0) is 15.1. The Balaban J connectivity index is 2.33. The maximum absolute atomic E-state index is 11.2. The van der Waals surface area contributed by atoms with Gasteiger partial charge in [0.1, 0.15) is 6.54 Å². The fourth-order valence-electron chi connectivity index (χ4n) is 2.37. The number of hydrogen-bond donors (Lipinski definition) is 1. The molecule has 2 heterocycles. The molecule has 0 aliphatic heterocycles. The number of fused-ring (bicyclic) bond motifs is 1. The fraction of sp³-hybridized carbons (Fsp3) is 0.267. The Hall–Kier alpha value is -2.63. The normalized spacial score (nSPS) is 11.2. The number of imidazole rings is 1. The molecule has 0 radical (unpaired) electrons. The average Bonchev–Trinajstić information content (AvgIpc) is 2.95. The Labute approximate surface area is 121 Å². The zero-order valence-corrected chi connectivity index (χ0v) is 12.0. The van der Waals surface area contributed by atoms with Crippen molar-refractivity contribution in [2.45, 2.75) is 27.3 Å². The Morgan fingerprint density at radius 3 is 2.62 bits per heavy atom. The van der Waals surface area contributed by atoms with Gasteiger partial charge in [-0.05, 0) is 44.0 Å². The highest BCUT2D eigenvalue weighted by Crippen LogP contribution is 2.28. The van der Waals surface area contributed by atoms with E-state index >= 15 is 0 Å². The van der Waals surface area contributed by atoms with Gasteiger partial charge in [-0.1, -0.05) is 0 Å². The van der Waals surface area contributed by atoms with Crippen LogP contribution in [0.15, 0.2) is 22.9 Å². The SMILES string of the molecule is Cc1cc2nc(-c3ocnc3C)n(CC(=O)O)c2cc1C. The first kappa shape index (κ1) is 13.4. The highest BCUT2D eigenvalue weighted by molar-refractivity contribution is 5.83. The molecule has 0 atom stereocenters. The van der Waals surface area contributed by atoms with Crippen LogP contribution in [0, 0.1) is 20.8 Å². The number of oxazole rings is 1. The summed E-state index contributed by atoms with van der Waals surface area (Å²) in [6.07, 6.45) is 1.34. The predicted octanol–water partition coefficient (Wildman–Crippen LogP) is 2.70. The average molecular weight is 285 g/mol. The molecule has 6 heteroatoms. The van der Waals surface area contributed by atoms with Gasteiger partial charge in [-0.2, -0.15) is 0 Å². The van der Waals surface area contributed by atoms with Crippen LogP contribution in [-0.2, 0) is 11.3 Å². The van der Waals surface area contributed by atoms with Crippen molar-refractivity contribution >= 4 is 17.0 Å². The first-order chi connectivity index (χ1) is 9.97. The lowest BCUT2D eigenvalue weighted by Crippen LogP contribution is -2.10. The number of benzene rings is 1. The first-order valence-electron chi connectivity index (χ1n) is 6.57. The van der Waals surface area contributed by atoms with Gasteiger partial charge in [-0.3, -0.25) is 4.79 Å². The number of carboxylic acids is 1. The van der Waals surface area contributed by atoms with Crippen molar-refractivity contribution < 1.29 is 14.3 Å². The van der Waals surface area contributed by atoms with Crippen LogP contribution in [0.3, 0.4) is 0 Å². The number of aliphatic carboxylic acids is 1. The smallest absolute Gasteiger partial charge is 0.323 e. The molecule has 0 fully saturated rings. The fourth-order valence-corrected chi connectivity index (χ4v) is 2.37. The summed E-state index contributed by atoms with van der Waals surface area (Å²) in [5.41, 5.74) is 4.43. The molecule has 0 saturated heterocycles. The lowest BCUT2D eigenvalue weighted by molar-refractivity contribution is -0.137. The number of hydrogen-bond acceptors (Lipinski definition) is 4. The highest BCUT2D eigenvalue weighted by Gasteiger charge is 2.19. The zero-order valence-electron chi connectivity index (χ0n) is 12.0. The predicted molar refractivity (Wildman–Crippen MR) is 77.1 cm³/mol. The second kappa shape index (κ2) is 4.73. The second-order valence-corrected chi connectivity index (χ2v) is 5.11. The van der Waals surface area contributed by atoms with Crippen LogP contribution in [0.5, 0.6) is 0 Å². The monoisotopic (exact) mass is 285 g/mol. The van der Waals surface area contributed by atoms with Gasteiger partial charge in [0.15, 0.2) is 18.0 Å². The summed E-state index contributed by atoms with van der Waals surface area (Å²) in [6, 6.07) is 3.91. The van der Waals surface area contributed by atoms with Crippen LogP contribution < -0.4 is 0 Å². The topological polar surface area (TPSA) is 81.2 Å². The van der Waals surface area contributed by atoms with E-state index in [1.165, 1.54) is 6.39 Å². The van der Waals surface area contributed by atoms with E-state index in [1.54, 1.807) is 11.5 Å². The molecule has 2 aromatic heterocycles. The van der Waals surface area contributed by atoms with Gasteiger partial charge < -0.3 is 14.1 Å². The number of carboxylic acid groups (broad SMARTS) is 1. The third-order valence-corrected chi connectivity index (χ3v) is 3.61. The largest absolute Gasteiger partial charge is 0.480 e.